The summed E-state index contributed by atoms with van der Waals surface area (Å²) in [5.41, 5.74) is 2.45. The lowest BCUT2D eigenvalue weighted by molar-refractivity contribution is 0.0929. The fraction of sp³-hybridized carbons (Fsp3) is 0.375. The first-order valence-electron chi connectivity index (χ1n) is 7.07. The Balaban J connectivity index is 1.74. The topological polar surface area (TPSA) is 55.1 Å². The van der Waals surface area contributed by atoms with Gasteiger partial charge >= 0.3 is 0 Å². The Hall–Kier alpha value is -2.10. The Morgan fingerprint density at radius 2 is 2.10 bits per heavy atom. The molecule has 1 aliphatic rings. The van der Waals surface area contributed by atoms with Crippen LogP contribution in [0.5, 0.6) is 0 Å². The highest BCUT2D eigenvalue weighted by Gasteiger charge is 2.20. The van der Waals surface area contributed by atoms with Crippen LogP contribution in [0.15, 0.2) is 34.9 Å². The summed E-state index contributed by atoms with van der Waals surface area (Å²) in [6, 6.07) is 9.95. The predicted molar refractivity (Wildman–Crippen MR) is 76.4 cm³/mol. The number of nitrogens with zero attached hydrogens (tertiary/aromatic N) is 1. The van der Waals surface area contributed by atoms with Crippen LogP contribution in [0.3, 0.4) is 0 Å². The molecule has 0 unspecified atom stereocenters. The minimum Gasteiger partial charge on any atom is -0.355 e. The molecule has 4 heteroatoms. The summed E-state index contributed by atoms with van der Waals surface area (Å²) in [4.78, 5) is 12.1. The summed E-state index contributed by atoms with van der Waals surface area (Å²) in [5.74, 6) is 0.491. The van der Waals surface area contributed by atoms with Crippen LogP contribution >= 0.6 is 0 Å². The zero-order valence-electron chi connectivity index (χ0n) is 11.6. The third-order valence-electron chi connectivity index (χ3n) is 3.74. The first-order chi connectivity index (χ1) is 9.72. The van der Waals surface area contributed by atoms with Crippen molar-refractivity contribution in [3.05, 3.63) is 41.6 Å². The lowest BCUT2D eigenvalue weighted by Crippen LogP contribution is -2.32. The van der Waals surface area contributed by atoms with E-state index < -0.39 is 0 Å². The number of aromatic nitrogens is 1. The number of aryl methyl sites for hydroxylation is 1. The van der Waals surface area contributed by atoms with Gasteiger partial charge in [-0.15, -0.1) is 0 Å². The molecular weight excluding hydrogens is 252 g/mol. The molecule has 0 saturated heterocycles. The third-order valence-corrected chi connectivity index (χ3v) is 3.74. The van der Waals surface area contributed by atoms with Crippen molar-refractivity contribution in [1.29, 1.82) is 0 Å². The third kappa shape index (κ3) is 2.74. The molecular formula is C16H18N2O2. The van der Waals surface area contributed by atoms with Crippen molar-refractivity contribution in [3.8, 4) is 11.3 Å². The lowest BCUT2D eigenvalue weighted by Gasteiger charge is -2.09. The fourth-order valence-electron chi connectivity index (χ4n) is 2.65. The number of rotatable bonds is 3. The van der Waals surface area contributed by atoms with Crippen LogP contribution in [-0.2, 0) is 0 Å². The van der Waals surface area contributed by atoms with E-state index in [-0.39, 0.29) is 5.91 Å². The normalized spacial score (nSPS) is 15.4. The Kier molecular flexibility index (Phi) is 3.54. The van der Waals surface area contributed by atoms with Gasteiger partial charge in [-0.1, -0.05) is 41.8 Å². The van der Waals surface area contributed by atoms with E-state index in [1.165, 1.54) is 12.8 Å². The highest BCUT2D eigenvalue weighted by Crippen LogP contribution is 2.22. The summed E-state index contributed by atoms with van der Waals surface area (Å²) in [6.07, 6.45) is 4.51. The van der Waals surface area contributed by atoms with Crippen LogP contribution in [0.1, 0.15) is 41.7 Å². The van der Waals surface area contributed by atoms with Crippen molar-refractivity contribution >= 4 is 5.91 Å². The molecule has 3 rings (SSSR count). The molecule has 1 amide bonds. The van der Waals surface area contributed by atoms with Gasteiger partial charge in [0.2, 0.25) is 0 Å². The zero-order chi connectivity index (χ0) is 13.9. The maximum absolute atomic E-state index is 12.1. The molecule has 0 atom stereocenters. The smallest absolute Gasteiger partial charge is 0.273 e. The molecule has 0 radical (unpaired) electrons. The predicted octanol–water partition coefficient (Wildman–Crippen LogP) is 3.32. The van der Waals surface area contributed by atoms with Crippen molar-refractivity contribution < 1.29 is 9.32 Å². The molecule has 1 aliphatic carbocycles. The first-order valence-corrected chi connectivity index (χ1v) is 7.07. The van der Waals surface area contributed by atoms with Gasteiger partial charge < -0.3 is 9.84 Å². The Bertz CT molecular complexity index is 612. The number of hydrogen-bond donors (Lipinski definition) is 1. The number of carbonyl (C=O) groups is 1. The summed E-state index contributed by atoms with van der Waals surface area (Å²) >= 11 is 0. The summed E-state index contributed by atoms with van der Waals surface area (Å²) in [6.45, 7) is 2.02. The van der Waals surface area contributed by atoms with E-state index in [9.17, 15) is 4.79 Å². The molecule has 104 valence electrons. The van der Waals surface area contributed by atoms with E-state index in [1.54, 1.807) is 6.07 Å². The largest absolute Gasteiger partial charge is 0.355 e. The number of benzene rings is 1. The van der Waals surface area contributed by atoms with Crippen LogP contribution in [0.25, 0.3) is 11.3 Å². The molecule has 1 aromatic heterocycles. The fourth-order valence-corrected chi connectivity index (χ4v) is 2.65. The molecule has 1 saturated carbocycles. The van der Waals surface area contributed by atoms with Gasteiger partial charge in [0, 0.05) is 17.7 Å². The van der Waals surface area contributed by atoms with Gasteiger partial charge in [-0.05, 0) is 25.8 Å². The van der Waals surface area contributed by atoms with Crippen molar-refractivity contribution in [2.24, 2.45) is 0 Å². The lowest BCUT2D eigenvalue weighted by atomic mass is 10.1. The van der Waals surface area contributed by atoms with Crippen LogP contribution in [0, 0.1) is 6.92 Å². The van der Waals surface area contributed by atoms with Gasteiger partial charge in [-0.2, -0.15) is 0 Å². The van der Waals surface area contributed by atoms with E-state index in [0.717, 1.165) is 24.0 Å². The second kappa shape index (κ2) is 5.49. The molecule has 2 aromatic rings. The van der Waals surface area contributed by atoms with Gasteiger partial charge in [0.1, 0.15) is 0 Å². The van der Waals surface area contributed by atoms with Gasteiger partial charge in [0.15, 0.2) is 11.5 Å². The van der Waals surface area contributed by atoms with Crippen molar-refractivity contribution in [1.82, 2.24) is 10.5 Å². The first kappa shape index (κ1) is 12.9. The van der Waals surface area contributed by atoms with Crippen molar-refractivity contribution in [2.45, 2.75) is 38.6 Å². The van der Waals surface area contributed by atoms with E-state index in [2.05, 4.69) is 10.5 Å². The second-order valence-electron chi connectivity index (χ2n) is 5.40. The maximum atomic E-state index is 12.1. The molecule has 1 heterocycles. The molecule has 4 nitrogen and oxygen atoms in total. The molecule has 0 aliphatic heterocycles. The van der Waals surface area contributed by atoms with Crippen LogP contribution in [0.4, 0.5) is 0 Å². The Morgan fingerprint density at radius 3 is 2.85 bits per heavy atom. The highest BCUT2D eigenvalue weighted by molar-refractivity contribution is 5.93. The van der Waals surface area contributed by atoms with E-state index in [4.69, 9.17) is 4.52 Å². The molecule has 1 fully saturated rings. The van der Waals surface area contributed by atoms with Gasteiger partial charge in [-0.3, -0.25) is 4.79 Å². The average molecular weight is 270 g/mol. The van der Waals surface area contributed by atoms with Crippen LogP contribution in [0.2, 0.25) is 0 Å². The van der Waals surface area contributed by atoms with E-state index >= 15 is 0 Å². The van der Waals surface area contributed by atoms with Crippen LogP contribution < -0.4 is 5.32 Å². The maximum Gasteiger partial charge on any atom is 0.273 e. The quantitative estimate of drug-likeness (QED) is 0.930. The zero-order valence-corrected chi connectivity index (χ0v) is 11.6. The number of hydrogen-bond acceptors (Lipinski definition) is 3. The molecule has 0 bridgehead atoms. The number of nitrogens with one attached hydrogen (secondary N) is 1. The summed E-state index contributed by atoms with van der Waals surface area (Å²) in [7, 11) is 0. The minimum absolute atomic E-state index is 0.139. The average Bonchev–Trinajstić information content (AvgIpc) is 3.09. The monoisotopic (exact) mass is 270 g/mol. The second-order valence-corrected chi connectivity index (χ2v) is 5.40. The molecule has 20 heavy (non-hydrogen) atoms. The Labute approximate surface area is 118 Å². The SMILES string of the molecule is Cc1cccc(-c2cc(C(=O)NC3CCCC3)no2)c1. The van der Waals surface area contributed by atoms with Crippen molar-refractivity contribution in [3.63, 3.8) is 0 Å². The summed E-state index contributed by atoms with van der Waals surface area (Å²) in [5, 5.41) is 6.89. The van der Waals surface area contributed by atoms with E-state index in [1.807, 2.05) is 31.2 Å². The van der Waals surface area contributed by atoms with Crippen molar-refractivity contribution in [2.75, 3.05) is 0 Å². The molecule has 1 N–H and O–H groups in total. The van der Waals surface area contributed by atoms with Gasteiger partial charge in [0.05, 0.1) is 0 Å². The van der Waals surface area contributed by atoms with Crippen LogP contribution in [-0.4, -0.2) is 17.1 Å². The minimum atomic E-state index is -0.139. The standard InChI is InChI=1S/C16H18N2O2/c1-11-5-4-6-12(9-11)15-10-14(18-20-15)16(19)17-13-7-2-3-8-13/h4-6,9-10,13H,2-3,7-8H2,1H3,(H,17,19). The molecule has 0 spiro atoms. The van der Waals surface area contributed by atoms with E-state index in [0.29, 0.717) is 17.5 Å². The highest BCUT2D eigenvalue weighted by atomic mass is 16.5. The van der Waals surface area contributed by atoms with Gasteiger partial charge in [0.25, 0.3) is 5.91 Å². The number of carbonyl (C=O) groups excluding carboxylic acids is 1. The van der Waals surface area contributed by atoms with Gasteiger partial charge in [-0.25, -0.2) is 0 Å². The molecule has 1 aromatic carbocycles. The summed E-state index contributed by atoms with van der Waals surface area (Å²) < 4.78 is 5.28. The number of amides is 1. The Morgan fingerprint density at radius 1 is 1.30 bits per heavy atom.